The molecular formula is C13H12N2O3S2. The van der Waals surface area contributed by atoms with Crippen molar-refractivity contribution in [1.82, 2.24) is 4.31 Å². The zero-order chi connectivity index (χ0) is 14.2. The van der Waals surface area contributed by atoms with E-state index in [-0.39, 0.29) is 23.2 Å². The molecule has 1 aromatic heterocycles. The van der Waals surface area contributed by atoms with Gasteiger partial charge >= 0.3 is 0 Å². The standard InChI is InChI=1S/C13H12N2O3S2/c16-12-9-15(20(17,18)13-6-3-7-19-13)8-10-4-1-2-5-11(10)14-12/h1-7H,8-9H2,(H,14,16). The number of rotatable bonds is 2. The summed E-state index contributed by atoms with van der Waals surface area (Å²) in [6, 6.07) is 10.5. The van der Waals surface area contributed by atoms with Gasteiger partial charge in [-0.2, -0.15) is 4.31 Å². The Labute approximate surface area is 120 Å². The summed E-state index contributed by atoms with van der Waals surface area (Å²) in [6.07, 6.45) is 0. The molecular weight excluding hydrogens is 296 g/mol. The molecule has 5 nitrogen and oxygen atoms in total. The van der Waals surface area contributed by atoms with E-state index in [9.17, 15) is 13.2 Å². The molecule has 2 aromatic rings. The molecule has 2 heterocycles. The first-order chi connectivity index (χ1) is 9.57. The number of sulfonamides is 1. The minimum absolute atomic E-state index is 0.172. The van der Waals surface area contributed by atoms with Gasteiger partial charge in [-0.15, -0.1) is 11.3 Å². The molecule has 7 heteroatoms. The Morgan fingerprint density at radius 3 is 2.65 bits per heavy atom. The summed E-state index contributed by atoms with van der Waals surface area (Å²) in [5.74, 6) is -0.324. The van der Waals surface area contributed by atoms with Crippen LogP contribution in [0.2, 0.25) is 0 Å². The Morgan fingerprint density at radius 1 is 1.10 bits per heavy atom. The number of hydrogen-bond donors (Lipinski definition) is 1. The fourth-order valence-corrected chi connectivity index (χ4v) is 4.60. The SMILES string of the molecule is O=C1CN(S(=O)(=O)c2cccs2)Cc2ccccc2N1. The summed E-state index contributed by atoms with van der Waals surface area (Å²) < 4.78 is 26.5. The van der Waals surface area contributed by atoms with Crippen molar-refractivity contribution in [2.75, 3.05) is 11.9 Å². The second-order valence-corrected chi connectivity index (χ2v) is 7.52. The molecule has 0 saturated carbocycles. The van der Waals surface area contributed by atoms with E-state index in [1.54, 1.807) is 23.6 Å². The van der Waals surface area contributed by atoms with E-state index in [1.807, 2.05) is 18.2 Å². The topological polar surface area (TPSA) is 66.5 Å². The summed E-state index contributed by atoms with van der Waals surface area (Å²) >= 11 is 1.15. The fourth-order valence-electron chi connectivity index (χ4n) is 2.08. The molecule has 104 valence electrons. The summed E-state index contributed by atoms with van der Waals surface area (Å²) in [6.45, 7) is 0.0179. The van der Waals surface area contributed by atoms with Gasteiger partial charge in [-0.3, -0.25) is 4.79 Å². The lowest BCUT2D eigenvalue weighted by atomic mass is 10.2. The van der Waals surface area contributed by atoms with E-state index < -0.39 is 10.0 Å². The normalized spacial score (nSPS) is 16.3. The molecule has 1 N–H and O–H groups in total. The highest BCUT2D eigenvalue weighted by Crippen LogP contribution is 2.26. The van der Waals surface area contributed by atoms with E-state index in [2.05, 4.69) is 5.32 Å². The van der Waals surface area contributed by atoms with Crippen molar-refractivity contribution in [3.8, 4) is 0 Å². The van der Waals surface area contributed by atoms with Crippen LogP contribution in [-0.2, 0) is 21.4 Å². The summed E-state index contributed by atoms with van der Waals surface area (Å²) in [5.41, 5.74) is 1.46. The highest BCUT2D eigenvalue weighted by atomic mass is 32.2. The Balaban J connectivity index is 2.01. The van der Waals surface area contributed by atoms with Crippen LogP contribution in [-0.4, -0.2) is 25.2 Å². The van der Waals surface area contributed by atoms with E-state index >= 15 is 0 Å². The quantitative estimate of drug-likeness (QED) is 0.921. The molecule has 0 radical (unpaired) electrons. The van der Waals surface area contributed by atoms with Crippen molar-refractivity contribution < 1.29 is 13.2 Å². The number of benzene rings is 1. The fraction of sp³-hybridized carbons (Fsp3) is 0.154. The Morgan fingerprint density at radius 2 is 1.90 bits per heavy atom. The third kappa shape index (κ3) is 2.35. The van der Waals surface area contributed by atoms with Gasteiger partial charge in [-0.05, 0) is 23.1 Å². The van der Waals surface area contributed by atoms with Gasteiger partial charge in [-0.1, -0.05) is 24.3 Å². The number of carbonyl (C=O) groups is 1. The molecule has 0 aliphatic carbocycles. The first-order valence-electron chi connectivity index (χ1n) is 5.99. The minimum Gasteiger partial charge on any atom is -0.325 e. The number of fused-ring (bicyclic) bond motifs is 1. The average Bonchev–Trinajstić information content (AvgIpc) is 2.89. The summed E-state index contributed by atoms with van der Waals surface area (Å²) in [7, 11) is -3.63. The maximum atomic E-state index is 12.5. The van der Waals surface area contributed by atoms with E-state index in [0.29, 0.717) is 5.69 Å². The van der Waals surface area contributed by atoms with Gasteiger partial charge < -0.3 is 5.32 Å². The molecule has 20 heavy (non-hydrogen) atoms. The van der Waals surface area contributed by atoms with Crippen LogP contribution in [0.1, 0.15) is 5.56 Å². The largest absolute Gasteiger partial charge is 0.325 e. The van der Waals surface area contributed by atoms with Gasteiger partial charge in [0.05, 0.1) is 6.54 Å². The van der Waals surface area contributed by atoms with Gasteiger partial charge in [0.15, 0.2) is 0 Å². The third-order valence-electron chi connectivity index (χ3n) is 3.05. The average molecular weight is 308 g/mol. The van der Waals surface area contributed by atoms with Gasteiger partial charge in [-0.25, -0.2) is 8.42 Å². The maximum Gasteiger partial charge on any atom is 0.253 e. The lowest BCUT2D eigenvalue weighted by Crippen LogP contribution is -2.34. The number of amides is 1. The zero-order valence-electron chi connectivity index (χ0n) is 10.4. The minimum atomic E-state index is -3.63. The molecule has 0 saturated heterocycles. The molecule has 1 aliphatic rings. The van der Waals surface area contributed by atoms with Gasteiger partial charge in [0.1, 0.15) is 4.21 Å². The first-order valence-corrected chi connectivity index (χ1v) is 8.31. The lowest BCUT2D eigenvalue weighted by Gasteiger charge is -2.18. The van der Waals surface area contributed by atoms with Crippen LogP contribution < -0.4 is 5.32 Å². The molecule has 1 aliphatic heterocycles. The summed E-state index contributed by atoms with van der Waals surface area (Å²) in [4.78, 5) is 11.9. The monoisotopic (exact) mass is 308 g/mol. The third-order valence-corrected chi connectivity index (χ3v) is 6.21. The molecule has 0 bridgehead atoms. The molecule has 0 atom stereocenters. The van der Waals surface area contributed by atoms with Crippen LogP contribution in [0.5, 0.6) is 0 Å². The molecule has 3 rings (SSSR count). The van der Waals surface area contributed by atoms with Gasteiger partial charge in [0.2, 0.25) is 5.91 Å². The summed E-state index contributed by atoms with van der Waals surface area (Å²) in [5, 5.41) is 4.44. The predicted molar refractivity (Wildman–Crippen MR) is 77.0 cm³/mol. The van der Waals surface area contributed by atoms with Crippen LogP contribution in [0.15, 0.2) is 46.0 Å². The van der Waals surface area contributed by atoms with E-state index in [4.69, 9.17) is 0 Å². The maximum absolute atomic E-state index is 12.5. The van der Waals surface area contributed by atoms with Crippen molar-refractivity contribution in [1.29, 1.82) is 0 Å². The smallest absolute Gasteiger partial charge is 0.253 e. The number of anilines is 1. The number of thiophene rings is 1. The first kappa shape index (κ1) is 13.3. The molecule has 1 amide bonds. The predicted octanol–water partition coefficient (Wildman–Crippen LogP) is 1.89. The molecule has 1 aromatic carbocycles. The van der Waals surface area contributed by atoms with Crippen molar-refractivity contribution >= 4 is 33.0 Å². The van der Waals surface area contributed by atoms with Crippen LogP contribution in [0.4, 0.5) is 5.69 Å². The van der Waals surface area contributed by atoms with Crippen LogP contribution in [0.25, 0.3) is 0 Å². The Hall–Kier alpha value is -1.70. The number of carbonyl (C=O) groups excluding carboxylic acids is 1. The van der Waals surface area contributed by atoms with Crippen LogP contribution in [0, 0.1) is 0 Å². The molecule has 0 spiro atoms. The number of hydrogen-bond acceptors (Lipinski definition) is 4. The van der Waals surface area contributed by atoms with Crippen molar-refractivity contribution in [3.05, 3.63) is 47.3 Å². The highest BCUT2D eigenvalue weighted by Gasteiger charge is 2.30. The van der Waals surface area contributed by atoms with E-state index in [0.717, 1.165) is 16.9 Å². The highest BCUT2D eigenvalue weighted by molar-refractivity contribution is 7.91. The van der Waals surface area contributed by atoms with Crippen LogP contribution in [0.3, 0.4) is 0 Å². The van der Waals surface area contributed by atoms with E-state index in [1.165, 1.54) is 4.31 Å². The second-order valence-electron chi connectivity index (χ2n) is 4.41. The van der Waals surface area contributed by atoms with Crippen molar-refractivity contribution in [3.63, 3.8) is 0 Å². The molecule has 0 fully saturated rings. The lowest BCUT2D eigenvalue weighted by molar-refractivity contribution is -0.116. The Kier molecular flexibility index (Phi) is 3.33. The van der Waals surface area contributed by atoms with Gasteiger partial charge in [0.25, 0.3) is 10.0 Å². The Bertz CT molecular complexity index is 739. The number of nitrogens with one attached hydrogen (secondary N) is 1. The van der Waals surface area contributed by atoms with Crippen molar-refractivity contribution in [2.45, 2.75) is 10.8 Å². The molecule has 0 unspecified atom stereocenters. The zero-order valence-corrected chi connectivity index (χ0v) is 12.1. The van der Waals surface area contributed by atoms with Gasteiger partial charge in [0, 0.05) is 12.2 Å². The van der Waals surface area contributed by atoms with Crippen LogP contribution >= 0.6 is 11.3 Å². The van der Waals surface area contributed by atoms with Crippen molar-refractivity contribution in [2.24, 2.45) is 0 Å². The number of nitrogens with zero attached hydrogens (tertiary/aromatic N) is 1. The number of para-hydroxylation sites is 1. The second kappa shape index (κ2) is 5.01.